The first kappa shape index (κ1) is 13.1. The zero-order valence-corrected chi connectivity index (χ0v) is 12.2. The number of benzene rings is 1. The lowest BCUT2D eigenvalue weighted by atomic mass is 10.2. The van der Waals surface area contributed by atoms with Crippen LogP contribution in [-0.2, 0) is 0 Å². The van der Waals surface area contributed by atoms with Gasteiger partial charge in [-0.25, -0.2) is 0 Å². The minimum atomic E-state index is 0.592. The average molecular weight is 300 g/mol. The van der Waals surface area contributed by atoms with Gasteiger partial charge in [-0.15, -0.1) is 21.5 Å². The van der Waals surface area contributed by atoms with Crippen molar-refractivity contribution in [2.45, 2.75) is 5.22 Å². The first-order valence-electron chi connectivity index (χ1n) is 6.13. The van der Waals surface area contributed by atoms with E-state index in [1.807, 2.05) is 35.7 Å². The van der Waals surface area contributed by atoms with Gasteiger partial charge in [-0.05, 0) is 17.0 Å². The molecule has 3 rings (SSSR count). The maximum Gasteiger partial charge on any atom is 0.277 e. The van der Waals surface area contributed by atoms with Gasteiger partial charge in [-0.1, -0.05) is 60.3 Å². The molecule has 3 aromatic rings. The Hall–Kier alpha value is -1.85. The quantitative estimate of drug-likeness (QED) is 0.645. The van der Waals surface area contributed by atoms with Crippen LogP contribution in [0.25, 0.3) is 16.8 Å². The second-order valence-electron chi connectivity index (χ2n) is 3.97. The van der Waals surface area contributed by atoms with E-state index in [0.29, 0.717) is 11.1 Å². The second-order valence-corrected chi connectivity index (χ2v) is 5.89. The molecule has 0 unspecified atom stereocenters. The topological polar surface area (TPSA) is 38.9 Å². The third-order valence-corrected chi connectivity index (χ3v) is 4.18. The Bertz CT molecular complexity index is 675. The molecule has 0 saturated carbocycles. The van der Waals surface area contributed by atoms with Gasteiger partial charge in [0.1, 0.15) is 0 Å². The van der Waals surface area contributed by atoms with E-state index in [2.05, 4.69) is 34.5 Å². The number of thiophene rings is 1. The molecule has 0 amide bonds. The normalized spacial score (nSPS) is 11.2. The van der Waals surface area contributed by atoms with Crippen molar-refractivity contribution in [2.24, 2.45) is 0 Å². The Kier molecular flexibility index (Phi) is 4.30. The van der Waals surface area contributed by atoms with E-state index in [4.69, 9.17) is 4.42 Å². The lowest BCUT2D eigenvalue weighted by molar-refractivity contribution is 0.467. The molecule has 2 aromatic heterocycles. The SMILES string of the molecule is C(=C\c1ccccc1)/CSc1nnc(-c2cccs2)o1. The van der Waals surface area contributed by atoms with Crippen LogP contribution in [0.15, 0.2) is 63.6 Å². The first-order valence-corrected chi connectivity index (χ1v) is 8.00. The fourth-order valence-corrected chi connectivity index (χ4v) is 2.85. The molecule has 0 radical (unpaired) electrons. The third-order valence-electron chi connectivity index (χ3n) is 2.55. The maximum atomic E-state index is 5.60. The fourth-order valence-electron chi connectivity index (χ4n) is 1.64. The average Bonchev–Trinajstić information content (AvgIpc) is 3.15. The molecule has 2 heterocycles. The molecule has 0 saturated heterocycles. The second kappa shape index (κ2) is 6.54. The summed E-state index contributed by atoms with van der Waals surface area (Å²) in [6.07, 6.45) is 4.18. The van der Waals surface area contributed by atoms with Crippen LogP contribution in [0, 0.1) is 0 Å². The number of rotatable bonds is 5. The molecule has 0 aliphatic heterocycles. The number of hydrogen-bond donors (Lipinski definition) is 0. The molecule has 100 valence electrons. The van der Waals surface area contributed by atoms with Crippen LogP contribution in [0.4, 0.5) is 0 Å². The van der Waals surface area contributed by atoms with Crippen molar-refractivity contribution in [2.75, 3.05) is 5.75 Å². The van der Waals surface area contributed by atoms with E-state index in [1.165, 1.54) is 17.3 Å². The molecule has 0 aliphatic rings. The summed E-state index contributed by atoms with van der Waals surface area (Å²) in [6.45, 7) is 0. The lowest BCUT2D eigenvalue weighted by Gasteiger charge is -1.91. The molecule has 0 fully saturated rings. The van der Waals surface area contributed by atoms with E-state index in [0.717, 1.165) is 10.6 Å². The van der Waals surface area contributed by atoms with Crippen molar-refractivity contribution in [3.63, 3.8) is 0 Å². The monoisotopic (exact) mass is 300 g/mol. The first-order chi connectivity index (χ1) is 9.92. The summed E-state index contributed by atoms with van der Waals surface area (Å²) in [6, 6.07) is 14.2. The van der Waals surface area contributed by atoms with E-state index in [-0.39, 0.29) is 0 Å². The maximum absolute atomic E-state index is 5.60. The highest BCUT2D eigenvalue weighted by molar-refractivity contribution is 7.99. The van der Waals surface area contributed by atoms with Crippen LogP contribution >= 0.6 is 23.1 Å². The number of hydrogen-bond acceptors (Lipinski definition) is 5. The van der Waals surface area contributed by atoms with Gasteiger partial charge < -0.3 is 4.42 Å². The molecule has 5 heteroatoms. The smallest absolute Gasteiger partial charge is 0.277 e. The Morgan fingerprint density at radius 2 is 2.00 bits per heavy atom. The highest BCUT2D eigenvalue weighted by Crippen LogP contribution is 2.26. The van der Waals surface area contributed by atoms with Crippen LogP contribution in [-0.4, -0.2) is 16.0 Å². The fraction of sp³-hybridized carbons (Fsp3) is 0.0667. The van der Waals surface area contributed by atoms with Crippen LogP contribution in [0.3, 0.4) is 0 Å². The number of thioether (sulfide) groups is 1. The van der Waals surface area contributed by atoms with Gasteiger partial charge in [-0.3, -0.25) is 0 Å². The van der Waals surface area contributed by atoms with Gasteiger partial charge >= 0.3 is 0 Å². The van der Waals surface area contributed by atoms with E-state index in [1.54, 1.807) is 11.3 Å². The van der Waals surface area contributed by atoms with Crippen LogP contribution < -0.4 is 0 Å². The van der Waals surface area contributed by atoms with Gasteiger partial charge in [0.2, 0.25) is 0 Å². The molecular weight excluding hydrogens is 288 g/mol. The summed E-state index contributed by atoms with van der Waals surface area (Å²) >= 11 is 3.13. The Morgan fingerprint density at radius 3 is 2.80 bits per heavy atom. The van der Waals surface area contributed by atoms with Gasteiger partial charge in [0.15, 0.2) is 0 Å². The molecule has 0 N–H and O–H groups in total. The van der Waals surface area contributed by atoms with E-state index < -0.39 is 0 Å². The van der Waals surface area contributed by atoms with Gasteiger partial charge in [0.25, 0.3) is 11.1 Å². The van der Waals surface area contributed by atoms with E-state index >= 15 is 0 Å². The summed E-state index contributed by atoms with van der Waals surface area (Å²) in [7, 11) is 0. The molecule has 1 aromatic carbocycles. The zero-order valence-electron chi connectivity index (χ0n) is 10.6. The summed E-state index contributed by atoms with van der Waals surface area (Å²) in [4.78, 5) is 1.00. The Labute approximate surface area is 125 Å². The highest BCUT2D eigenvalue weighted by Gasteiger charge is 2.08. The predicted molar refractivity (Wildman–Crippen MR) is 83.8 cm³/mol. The number of aromatic nitrogens is 2. The lowest BCUT2D eigenvalue weighted by Crippen LogP contribution is -1.75. The van der Waals surface area contributed by atoms with Gasteiger partial charge in [-0.2, -0.15) is 0 Å². The standard InChI is InChI=1S/C15H12N2OS2/c1-2-6-12(7-3-1)8-4-11-20-15-17-16-14(18-15)13-9-5-10-19-13/h1-10H,11H2/b8-4+. The molecule has 0 aliphatic carbocycles. The largest absolute Gasteiger partial charge is 0.410 e. The van der Waals surface area contributed by atoms with Crippen molar-refractivity contribution in [1.29, 1.82) is 0 Å². The Morgan fingerprint density at radius 1 is 1.10 bits per heavy atom. The van der Waals surface area contributed by atoms with Gasteiger partial charge in [0, 0.05) is 5.75 Å². The minimum absolute atomic E-state index is 0.592. The molecule has 0 atom stereocenters. The molecule has 0 bridgehead atoms. The summed E-state index contributed by atoms with van der Waals surface area (Å²) in [5.74, 6) is 1.40. The summed E-state index contributed by atoms with van der Waals surface area (Å²) in [5, 5.41) is 10.7. The third kappa shape index (κ3) is 3.37. The zero-order chi connectivity index (χ0) is 13.6. The van der Waals surface area contributed by atoms with Crippen molar-refractivity contribution >= 4 is 29.2 Å². The molecule has 3 nitrogen and oxygen atoms in total. The summed E-state index contributed by atoms with van der Waals surface area (Å²) in [5.41, 5.74) is 1.19. The minimum Gasteiger partial charge on any atom is -0.410 e. The summed E-state index contributed by atoms with van der Waals surface area (Å²) < 4.78 is 5.60. The van der Waals surface area contributed by atoms with Crippen molar-refractivity contribution in [3.05, 3.63) is 59.5 Å². The highest BCUT2D eigenvalue weighted by atomic mass is 32.2. The number of nitrogens with zero attached hydrogens (tertiary/aromatic N) is 2. The van der Waals surface area contributed by atoms with Crippen molar-refractivity contribution in [3.8, 4) is 10.8 Å². The van der Waals surface area contributed by atoms with Crippen LogP contribution in [0.5, 0.6) is 0 Å². The van der Waals surface area contributed by atoms with Crippen LogP contribution in [0.1, 0.15) is 5.56 Å². The molecular formula is C15H12N2OS2. The molecule has 0 spiro atoms. The molecule has 20 heavy (non-hydrogen) atoms. The Balaban J connectivity index is 1.56. The van der Waals surface area contributed by atoms with Crippen LogP contribution in [0.2, 0.25) is 0 Å². The van der Waals surface area contributed by atoms with E-state index in [9.17, 15) is 0 Å². The van der Waals surface area contributed by atoms with Gasteiger partial charge in [0.05, 0.1) is 4.88 Å². The van der Waals surface area contributed by atoms with Crippen molar-refractivity contribution in [1.82, 2.24) is 10.2 Å². The predicted octanol–water partition coefficient (Wildman–Crippen LogP) is 4.60. The van der Waals surface area contributed by atoms with Crippen molar-refractivity contribution < 1.29 is 4.42 Å².